The molecule has 4 fully saturated rings. The maximum Gasteiger partial charge on any atom is 0.306 e. The molecule has 0 aromatic carbocycles. The first kappa shape index (κ1) is 25.4. The van der Waals surface area contributed by atoms with Gasteiger partial charge in [0.15, 0.2) is 0 Å². The Balaban J connectivity index is 1.52. The highest BCUT2D eigenvalue weighted by atomic mass is 16.4. The minimum Gasteiger partial charge on any atom is -0.481 e. The van der Waals surface area contributed by atoms with E-state index in [4.69, 9.17) is 0 Å². The highest BCUT2D eigenvalue weighted by Gasteiger charge is 2.65. The van der Waals surface area contributed by atoms with Crippen molar-refractivity contribution in [3.05, 3.63) is 0 Å². The smallest absolute Gasteiger partial charge is 0.306 e. The van der Waals surface area contributed by atoms with Gasteiger partial charge < -0.3 is 25.5 Å². The molecule has 0 aliphatic heterocycles. The van der Waals surface area contributed by atoms with Crippen molar-refractivity contribution in [1.82, 2.24) is 0 Å². The average Bonchev–Trinajstić information content (AvgIpc) is 3.10. The van der Waals surface area contributed by atoms with Crippen LogP contribution in [0.1, 0.15) is 85.5 Å². The highest BCUT2D eigenvalue weighted by Crippen LogP contribution is 2.68. The molecular formula is C27H46O6. The summed E-state index contributed by atoms with van der Waals surface area (Å²) >= 11 is 0. The van der Waals surface area contributed by atoms with Crippen LogP contribution in [0, 0.1) is 52.3 Å². The van der Waals surface area contributed by atoms with Crippen LogP contribution < -0.4 is 0 Å². The molecule has 190 valence electrons. The molecule has 0 spiro atoms. The predicted octanol–water partition coefficient (Wildman–Crippen LogP) is 3.45. The molecular weight excluding hydrogens is 420 g/mol. The van der Waals surface area contributed by atoms with Gasteiger partial charge in [-0.25, -0.2) is 0 Å². The van der Waals surface area contributed by atoms with Gasteiger partial charge >= 0.3 is 5.97 Å². The summed E-state index contributed by atoms with van der Waals surface area (Å²) in [6.45, 7) is 8.50. The lowest BCUT2D eigenvalue weighted by atomic mass is 9.43. The van der Waals surface area contributed by atoms with E-state index in [2.05, 4.69) is 20.8 Å². The Hall–Kier alpha value is -0.690. The molecule has 0 radical (unpaired) electrons. The highest BCUT2D eigenvalue weighted by molar-refractivity contribution is 5.69. The first-order valence-corrected chi connectivity index (χ1v) is 13.4. The molecule has 0 aromatic heterocycles. The van der Waals surface area contributed by atoms with Crippen molar-refractivity contribution in [2.75, 3.05) is 0 Å². The summed E-state index contributed by atoms with van der Waals surface area (Å²) in [5.74, 6) is 0.706. The van der Waals surface area contributed by atoms with Crippen LogP contribution in [-0.4, -0.2) is 55.9 Å². The largest absolute Gasteiger partial charge is 0.481 e. The van der Waals surface area contributed by atoms with Crippen LogP contribution in [0.4, 0.5) is 0 Å². The van der Waals surface area contributed by atoms with Gasteiger partial charge in [-0.15, -0.1) is 0 Å². The number of fused-ring (bicyclic) bond motifs is 5. The lowest BCUT2D eigenvalue weighted by Gasteiger charge is -2.64. The topological polar surface area (TPSA) is 118 Å². The standard InChI is InChI=1S/C27H46O6/c1-14(6-5-7-15(2)25(32)33)17-8-9-18-16-10-21(28)20-11-22(29)23(30)13-26(20,3)19(16)12-24(31)27(17,18)4/h14-24,28-31H,5-13H2,1-4H3,(H,32,33)/t14-,15+,16+,17+,18-,19-,20-,21-,22-,23-,24-,26+,27+/m0/s1. The van der Waals surface area contributed by atoms with E-state index in [-0.39, 0.29) is 28.6 Å². The molecule has 0 heterocycles. The molecule has 5 N–H and O–H groups in total. The summed E-state index contributed by atoms with van der Waals surface area (Å²) in [5.41, 5.74) is -0.450. The van der Waals surface area contributed by atoms with Crippen LogP contribution in [-0.2, 0) is 4.79 Å². The fourth-order valence-corrected chi connectivity index (χ4v) is 9.32. The zero-order valence-corrected chi connectivity index (χ0v) is 20.9. The van der Waals surface area contributed by atoms with Gasteiger partial charge in [0.25, 0.3) is 0 Å². The third-order valence-corrected chi connectivity index (χ3v) is 11.3. The van der Waals surface area contributed by atoms with Gasteiger partial charge in [-0.05, 0) is 91.3 Å². The van der Waals surface area contributed by atoms with Gasteiger partial charge in [-0.1, -0.05) is 40.5 Å². The molecule has 6 heteroatoms. The molecule has 0 unspecified atom stereocenters. The number of hydrogen-bond acceptors (Lipinski definition) is 5. The van der Waals surface area contributed by atoms with E-state index in [0.29, 0.717) is 49.4 Å². The lowest BCUT2D eigenvalue weighted by molar-refractivity contribution is -0.217. The zero-order valence-electron chi connectivity index (χ0n) is 20.9. The third kappa shape index (κ3) is 4.07. The van der Waals surface area contributed by atoms with Crippen molar-refractivity contribution >= 4 is 5.97 Å². The van der Waals surface area contributed by atoms with E-state index in [9.17, 15) is 30.3 Å². The third-order valence-electron chi connectivity index (χ3n) is 11.3. The van der Waals surface area contributed by atoms with Crippen molar-refractivity contribution in [2.45, 2.75) is 110 Å². The van der Waals surface area contributed by atoms with E-state index >= 15 is 0 Å². The second-order valence-corrected chi connectivity index (χ2v) is 12.8. The molecule has 0 saturated heterocycles. The molecule has 4 rings (SSSR count). The number of aliphatic hydroxyl groups excluding tert-OH is 4. The minimum absolute atomic E-state index is 0.0268. The second-order valence-electron chi connectivity index (χ2n) is 12.8. The van der Waals surface area contributed by atoms with E-state index < -0.39 is 30.4 Å². The van der Waals surface area contributed by atoms with Crippen molar-refractivity contribution < 1.29 is 30.3 Å². The Morgan fingerprint density at radius 3 is 2.24 bits per heavy atom. The minimum atomic E-state index is -0.770. The molecule has 33 heavy (non-hydrogen) atoms. The van der Waals surface area contributed by atoms with Gasteiger partial charge in [0.05, 0.1) is 30.3 Å². The van der Waals surface area contributed by atoms with Crippen LogP contribution >= 0.6 is 0 Å². The number of carboxylic acids is 1. The number of aliphatic hydroxyl groups is 4. The van der Waals surface area contributed by atoms with Crippen LogP contribution in [0.15, 0.2) is 0 Å². The molecule has 0 amide bonds. The summed E-state index contributed by atoms with van der Waals surface area (Å²) in [5, 5.41) is 52.7. The zero-order chi connectivity index (χ0) is 24.3. The van der Waals surface area contributed by atoms with Crippen LogP contribution in [0.2, 0.25) is 0 Å². The van der Waals surface area contributed by atoms with Gasteiger partial charge in [0.1, 0.15) is 0 Å². The van der Waals surface area contributed by atoms with Crippen molar-refractivity contribution in [3.63, 3.8) is 0 Å². The summed E-state index contributed by atoms with van der Waals surface area (Å²) < 4.78 is 0. The maximum atomic E-state index is 11.6. The van der Waals surface area contributed by atoms with Gasteiger partial charge in [0.2, 0.25) is 0 Å². The van der Waals surface area contributed by atoms with Crippen molar-refractivity contribution in [1.29, 1.82) is 0 Å². The second kappa shape index (κ2) is 9.07. The lowest BCUT2D eigenvalue weighted by Crippen LogP contribution is -2.63. The summed E-state index contributed by atoms with van der Waals surface area (Å²) in [6.07, 6.45) is 4.69. The van der Waals surface area contributed by atoms with E-state index in [1.807, 2.05) is 0 Å². The molecule has 0 aromatic rings. The number of carbonyl (C=O) groups is 1. The monoisotopic (exact) mass is 466 g/mol. The SMILES string of the molecule is C[C@H](CCC[C@H](C)[C@H]1CC[C@H]2[C@H]3C[C@H](O)[C@@H]4C[C@H](O)[C@@H](O)C[C@]4(C)[C@H]3C[C@H](O)[C@]12C)C(=O)O. The normalized spacial score (nSPS) is 51.2. The van der Waals surface area contributed by atoms with E-state index in [1.165, 1.54) is 0 Å². The van der Waals surface area contributed by atoms with Crippen molar-refractivity contribution in [3.8, 4) is 0 Å². The fourth-order valence-electron chi connectivity index (χ4n) is 9.32. The molecule has 4 saturated carbocycles. The predicted molar refractivity (Wildman–Crippen MR) is 125 cm³/mol. The Morgan fingerprint density at radius 2 is 1.58 bits per heavy atom. The summed E-state index contributed by atoms with van der Waals surface area (Å²) in [6, 6.07) is 0. The van der Waals surface area contributed by atoms with Crippen LogP contribution in [0.3, 0.4) is 0 Å². The number of aliphatic carboxylic acids is 1. The molecule has 6 nitrogen and oxygen atoms in total. The number of hydrogen-bond donors (Lipinski definition) is 5. The van der Waals surface area contributed by atoms with E-state index in [0.717, 1.165) is 32.1 Å². The Morgan fingerprint density at radius 1 is 0.879 bits per heavy atom. The Bertz CT molecular complexity index is 727. The van der Waals surface area contributed by atoms with Crippen LogP contribution in [0.25, 0.3) is 0 Å². The first-order chi connectivity index (χ1) is 15.4. The summed E-state index contributed by atoms with van der Waals surface area (Å²) in [4.78, 5) is 11.2. The quantitative estimate of drug-likeness (QED) is 0.409. The molecule has 13 atom stereocenters. The van der Waals surface area contributed by atoms with Gasteiger partial charge in [-0.3, -0.25) is 4.79 Å². The number of carboxylic acid groups (broad SMARTS) is 1. The van der Waals surface area contributed by atoms with Gasteiger partial charge in [0, 0.05) is 0 Å². The molecule has 4 aliphatic rings. The Kier molecular flexibility index (Phi) is 6.98. The molecule has 4 aliphatic carbocycles. The average molecular weight is 467 g/mol. The molecule has 0 bridgehead atoms. The van der Waals surface area contributed by atoms with Crippen molar-refractivity contribution in [2.24, 2.45) is 52.3 Å². The summed E-state index contributed by atoms with van der Waals surface area (Å²) in [7, 11) is 0. The maximum absolute atomic E-state index is 11.6. The van der Waals surface area contributed by atoms with E-state index in [1.54, 1.807) is 6.92 Å². The fraction of sp³-hybridized carbons (Fsp3) is 0.963. The Labute approximate surface area is 198 Å². The van der Waals surface area contributed by atoms with Crippen LogP contribution in [0.5, 0.6) is 0 Å². The first-order valence-electron chi connectivity index (χ1n) is 13.4. The number of rotatable bonds is 6. The van der Waals surface area contributed by atoms with Gasteiger partial charge in [-0.2, -0.15) is 0 Å².